The Morgan fingerprint density at radius 1 is 1.20 bits per heavy atom. The van der Waals surface area contributed by atoms with Crippen molar-refractivity contribution in [3.63, 3.8) is 0 Å². The highest BCUT2D eigenvalue weighted by molar-refractivity contribution is 5.95. The molecule has 0 spiro atoms. The molecular formula is C19H25NO5. The summed E-state index contributed by atoms with van der Waals surface area (Å²) in [5.74, 6) is -0.491. The highest BCUT2D eigenvalue weighted by Crippen LogP contribution is 2.32. The molecule has 136 valence electrons. The lowest BCUT2D eigenvalue weighted by Crippen LogP contribution is -2.41. The Morgan fingerprint density at radius 3 is 2.56 bits per heavy atom. The lowest BCUT2D eigenvalue weighted by molar-refractivity contribution is -0.150. The van der Waals surface area contributed by atoms with Crippen LogP contribution in [0.25, 0.3) is 0 Å². The van der Waals surface area contributed by atoms with E-state index in [1.54, 1.807) is 7.11 Å². The van der Waals surface area contributed by atoms with E-state index in [-0.39, 0.29) is 12.0 Å². The topological polar surface area (TPSA) is 76.1 Å². The molecule has 6 heteroatoms. The molecule has 0 aromatic heterocycles. The van der Waals surface area contributed by atoms with Crippen molar-refractivity contribution in [2.24, 2.45) is 5.92 Å². The SMILES string of the molecule is COCc1ccccc1C(=O)N1CCC([C@@H]2CC[C@H](C(=O)O)O2)CC1. The van der Waals surface area contributed by atoms with Crippen molar-refractivity contribution in [2.45, 2.75) is 44.5 Å². The molecule has 2 aliphatic rings. The summed E-state index contributed by atoms with van der Waals surface area (Å²) >= 11 is 0. The molecule has 6 nitrogen and oxygen atoms in total. The van der Waals surface area contributed by atoms with Crippen molar-refractivity contribution < 1.29 is 24.2 Å². The zero-order valence-corrected chi connectivity index (χ0v) is 14.5. The van der Waals surface area contributed by atoms with Crippen molar-refractivity contribution in [3.8, 4) is 0 Å². The molecule has 0 unspecified atom stereocenters. The molecule has 2 aliphatic heterocycles. The van der Waals surface area contributed by atoms with Gasteiger partial charge in [-0.05, 0) is 43.2 Å². The zero-order chi connectivity index (χ0) is 17.8. The molecular weight excluding hydrogens is 322 g/mol. The van der Waals surface area contributed by atoms with Crippen molar-refractivity contribution in [1.82, 2.24) is 4.90 Å². The molecule has 1 amide bonds. The largest absolute Gasteiger partial charge is 0.479 e. The maximum Gasteiger partial charge on any atom is 0.332 e. The monoisotopic (exact) mass is 347 g/mol. The normalized spacial score (nSPS) is 24.4. The van der Waals surface area contributed by atoms with Crippen LogP contribution in [-0.2, 0) is 20.9 Å². The summed E-state index contributed by atoms with van der Waals surface area (Å²) in [6.07, 6.45) is 2.45. The van der Waals surface area contributed by atoms with Crippen LogP contribution in [0.15, 0.2) is 24.3 Å². The number of likely N-dealkylation sites (tertiary alicyclic amines) is 1. The highest BCUT2D eigenvalue weighted by atomic mass is 16.5. The van der Waals surface area contributed by atoms with E-state index in [1.165, 1.54) is 0 Å². The number of ether oxygens (including phenoxy) is 2. The van der Waals surface area contributed by atoms with Gasteiger partial charge >= 0.3 is 5.97 Å². The summed E-state index contributed by atoms with van der Waals surface area (Å²) in [5, 5.41) is 9.05. The minimum absolute atomic E-state index is 0.0131. The number of methoxy groups -OCH3 is 1. The summed E-state index contributed by atoms with van der Waals surface area (Å²) in [6.45, 7) is 1.79. The minimum Gasteiger partial charge on any atom is -0.479 e. The average Bonchev–Trinajstić information content (AvgIpc) is 3.12. The first-order valence-electron chi connectivity index (χ1n) is 8.84. The van der Waals surface area contributed by atoms with Gasteiger partial charge in [0.1, 0.15) is 0 Å². The van der Waals surface area contributed by atoms with Crippen LogP contribution in [0.5, 0.6) is 0 Å². The zero-order valence-electron chi connectivity index (χ0n) is 14.5. The summed E-state index contributed by atoms with van der Waals surface area (Å²) < 4.78 is 10.9. The summed E-state index contributed by atoms with van der Waals surface area (Å²) in [6, 6.07) is 7.55. The van der Waals surface area contributed by atoms with Crippen molar-refractivity contribution in [1.29, 1.82) is 0 Å². The number of rotatable bonds is 5. The van der Waals surface area contributed by atoms with Gasteiger partial charge in [-0.2, -0.15) is 0 Å². The van der Waals surface area contributed by atoms with E-state index in [2.05, 4.69) is 0 Å². The van der Waals surface area contributed by atoms with E-state index in [9.17, 15) is 9.59 Å². The van der Waals surface area contributed by atoms with Crippen LogP contribution in [0.2, 0.25) is 0 Å². The van der Waals surface area contributed by atoms with Crippen LogP contribution in [0.1, 0.15) is 41.6 Å². The average molecular weight is 347 g/mol. The molecule has 0 saturated carbocycles. The van der Waals surface area contributed by atoms with E-state index in [1.807, 2.05) is 29.2 Å². The number of hydrogen-bond acceptors (Lipinski definition) is 4. The number of hydrogen-bond donors (Lipinski definition) is 1. The van der Waals surface area contributed by atoms with Crippen LogP contribution >= 0.6 is 0 Å². The lowest BCUT2D eigenvalue weighted by atomic mass is 9.89. The predicted octanol–water partition coefficient (Wildman–Crippen LogP) is 2.32. The second-order valence-corrected chi connectivity index (χ2v) is 6.80. The van der Waals surface area contributed by atoms with E-state index >= 15 is 0 Å². The molecule has 1 N–H and O–H groups in total. The van der Waals surface area contributed by atoms with Crippen molar-refractivity contribution >= 4 is 11.9 Å². The molecule has 1 aromatic rings. The third kappa shape index (κ3) is 4.02. The van der Waals surface area contributed by atoms with Gasteiger partial charge in [0, 0.05) is 25.8 Å². The Labute approximate surface area is 147 Å². The van der Waals surface area contributed by atoms with Gasteiger partial charge in [0.25, 0.3) is 5.91 Å². The van der Waals surface area contributed by atoms with Crippen LogP contribution < -0.4 is 0 Å². The molecule has 2 fully saturated rings. The van der Waals surface area contributed by atoms with Gasteiger partial charge in [-0.15, -0.1) is 0 Å². The van der Waals surface area contributed by atoms with Gasteiger partial charge in [-0.1, -0.05) is 18.2 Å². The predicted molar refractivity (Wildman–Crippen MR) is 91.3 cm³/mol. The molecule has 2 saturated heterocycles. The van der Waals surface area contributed by atoms with E-state index < -0.39 is 12.1 Å². The molecule has 25 heavy (non-hydrogen) atoms. The first kappa shape index (κ1) is 17.9. The van der Waals surface area contributed by atoms with Crippen LogP contribution in [0, 0.1) is 5.92 Å². The van der Waals surface area contributed by atoms with Gasteiger partial charge in [0.15, 0.2) is 6.10 Å². The number of piperidine rings is 1. The van der Waals surface area contributed by atoms with E-state index in [0.717, 1.165) is 24.8 Å². The molecule has 3 rings (SSSR count). The smallest absolute Gasteiger partial charge is 0.332 e. The fourth-order valence-corrected chi connectivity index (χ4v) is 3.85. The number of aliphatic carboxylic acids is 1. The number of amides is 1. The minimum atomic E-state index is -0.870. The standard InChI is InChI=1S/C19H25NO5/c1-24-12-14-4-2-3-5-15(14)18(21)20-10-8-13(9-11-20)16-6-7-17(25-16)19(22)23/h2-5,13,16-17H,6-12H2,1H3,(H,22,23)/t16-,17+/m0/s1. The summed E-state index contributed by atoms with van der Waals surface area (Å²) in [7, 11) is 1.62. The number of nitrogens with zero attached hydrogens (tertiary/aromatic N) is 1. The lowest BCUT2D eigenvalue weighted by Gasteiger charge is -2.35. The molecule has 2 atom stereocenters. The van der Waals surface area contributed by atoms with Crippen LogP contribution in [-0.4, -0.2) is 54.3 Å². The Bertz CT molecular complexity index is 624. The number of carbonyl (C=O) groups is 2. The first-order chi connectivity index (χ1) is 12.1. The van der Waals surface area contributed by atoms with E-state index in [0.29, 0.717) is 37.6 Å². The van der Waals surface area contributed by atoms with Gasteiger partial charge in [0.05, 0.1) is 12.7 Å². The van der Waals surface area contributed by atoms with Gasteiger partial charge < -0.3 is 19.5 Å². The molecule has 1 aromatic carbocycles. The van der Waals surface area contributed by atoms with E-state index in [4.69, 9.17) is 14.6 Å². The number of benzene rings is 1. The van der Waals surface area contributed by atoms with Crippen molar-refractivity contribution in [3.05, 3.63) is 35.4 Å². The number of carbonyl (C=O) groups excluding carboxylic acids is 1. The van der Waals surface area contributed by atoms with Gasteiger partial charge in [0.2, 0.25) is 0 Å². The Kier molecular flexibility index (Phi) is 5.71. The highest BCUT2D eigenvalue weighted by Gasteiger charge is 2.37. The summed E-state index contributed by atoms with van der Waals surface area (Å²) in [4.78, 5) is 25.7. The Balaban J connectivity index is 1.57. The molecule has 0 radical (unpaired) electrons. The second kappa shape index (κ2) is 7.97. The Morgan fingerprint density at radius 2 is 1.92 bits per heavy atom. The third-order valence-electron chi connectivity index (χ3n) is 5.23. The Hall–Kier alpha value is -1.92. The number of carboxylic acids is 1. The maximum absolute atomic E-state index is 12.8. The summed E-state index contributed by atoms with van der Waals surface area (Å²) in [5.41, 5.74) is 1.60. The van der Waals surface area contributed by atoms with Crippen LogP contribution in [0.4, 0.5) is 0 Å². The molecule has 0 aliphatic carbocycles. The second-order valence-electron chi connectivity index (χ2n) is 6.80. The fraction of sp³-hybridized carbons (Fsp3) is 0.579. The van der Waals surface area contributed by atoms with Gasteiger partial charge in [-0.3, -0.25) is 4.79 Å². The third-order valence-corrected chi connectivity index (χ3v) is 5.23. The number of carboxylic acid groups (broad SMARTS) is 1. The molecule has 0 bridgehead atoms. The first-order valence-corrected chi connectivity index (χ1v) is 8.84. The fourth-order valence-electron chi connectivity index (χ4n) is 3.85. The van der Waals surface area contributed by atoms with Crippen LogP contribution in [0.3, 0.4) is 0 Å². The van der Waals surface area contributed by atoms with Crippen molar-refractivity contribution in [2.75, 3.05) is 20.2 Å². The quantitative estimate of drug-likeness (QED) is 0.885. The molecule has 2 heterocycles. The maximum atomic E-state index is 12.8. The van der Waals surface area contributed by atoms with Gasteiger partial charge in [-0.25, -0.2) is 4.79 Å².